The van der Waals surface area contributed by atoms with Crippen molar-refractivity contribution < 1.29 is 19.4 Å². The third-order valence-electron chi connectivity index (χ3n) is 5.84. The molecule has 192 valence electrons. The van der Waals surface area contributed by atoms with E-state index in [1.165, 1.54) is 5.56 Å². The topological polar surface area (TPSA) is 88.5 Å². The van der Waals surface area contributed by atoms with E-state index in [0.29, 0.717) is 25.3 Å². The van der Waals surface area contributed by atoms with Crippen molar-refractivity contribution >= 4 is 23.0 Å². The SMILES string of the molecule is Cc1ccc(-c2c(CNC(=O)OC(C)(C)C)c(CC(C)C)nc3ccc(CCCC(=O)O)cc23)cc1. The maximum Gasteiger partial charge on any atom is 0.407 e. The quantitative estimate of drug-likeness (QED) is 0.343. The predicted octanol–water partition coefficient (Wildman–Crippen LogP) is 6.84. The lowest BCUT2D eigenvalue weighted by Crippen LogP contribution is -2.32. The van der Waals surface area contributed by atoms with Gasteiger partial charge in [-0.3, -0.25) is 9.78 Å². The molecule has 0 bridgehead atoms. The lowest BCUT2D eigenvalue weighted by molar-refractivity contribution is -0.137. The van der Waals surface area contributed by atoms with Crippen LogP contribution in [0.25, 0.3) is 22.0 Å². The number of aromatic nitrogens is 1. The van der Waals surface area contributed by atoms with Gasteiger partial charge >= 0.3 is 12.1 Å². The second-order valence-corrected chi connectivity index (χ2v) is 10.8. The lowest BCUT2D eigenvalue weighted by atomic mass is 9.90. The molecule has 0 fully saturated rings. The van der Waals surface area contributed by atoms with E-state index in [2.05, 4.69) is 56.4 Å². The van der Waals surface area contributed by atoms with Gasteiger partial charge in [0.25, 0.3) is 0 Å². The zero-order valence-electron chi connectivity index (χ0n) is 22.3. The van der Waals surface area contributed by atoms with Gasteiger partial charge in [0.2, 0.25) is 0 Å². The number of amides is 1. The van der Waals surface area contributed by atoms with Crippen LogP contribution in [-0.4, -0.2) is 27.8 Å². The minimum Gasteiger partial charge on any atom is -0.481 e. The van der Waals surface area contributed by atoms with Gasteiger partial charge in [0, 0.05) is 29.6 Å². The Morgan fingerprint density at radius 3 is 2.39 bits per heavy atom. The molecule has 6 heteroatoms. The number of aryl methyl sites for hydroxylation is 2. The number of fused-ring (bicyclic) bond motifs is 1. The van der Waals surface area contributed by atoms with Crippen LogP contribution < -0.4 is 5.32 Å². The van der Waals surface area contributed by atoms with E-state index in [0.717, 1.165) is 45.3 Å². The molecule has 0 radical (unpaired) electrons. The van der Waals surface area contributed by atoms with Crippen LogP contribution in [0.1, 0.15) is 69.8 Å². The van der Waals surface area contributed by atoms with Crippen molar-refractivity contribution in [2.75, 3.05) is 0 Å². The summed E-state index contributed by atoms with van der Waals surface area (Å²) in [5.74, 6) is -0.400. The van der Waals surface area contributed by atoms with Crippen molar-refractivity contribution in [2.24, 2.45) is 5.92 Å². The van der Waals surface area contributed by atoms with E-state index >= 15 is 0 Å². The third-order valence-corrected chi connectivity index (χ3v) is 5.84. The standard InChI is InChI=1S/C30H38N2O4/c1-19(2)16-26-24(18-31-29(35)36-30(4,5)6)28(22-13-10-20(3)11-14-22)23-17-21(8-7-9-27(33)34)12-15-25(23)32-26/h10-15,17,19H,7-9,16,18H2,1-6H3,(H,31,35)(H,33,34). The van der Waals surface area contributed by atoms with Gasteiger partial charge in [-0.15, -0.1) is 0 Å². The maximum absolute atomic E-state index is 12.5. The van der Waals surface area contributed by atoms with Gasteiger partial charge in [0.05, 0.1) is 5.52 Å². The van der Waals surface area contributed by atoms with Crippen LogP contribution in [0.2, 0.25) is 0 Å². The number of hydrogen-bond donors (Lipinski definition) is 2. The summed E-state index contributed by atoms with van der Waals surface area (Å²) in [5, 5.41) is 13.0. The highest BCUT2D eigenvalue weighted by Crippen LogP contribution is 2.35. The fourth-order valence-electron chi connectivity index (χ4n) is 4.27. The van der Waals surface area contributed by atoms with E-state index in [1.54, 1.807) is 0 Å². The van der Waals surface area contributed by atoms with Crippen molar-refractivity contribution in [3.05, 3.63) is 64.8 Å². The Kier molecular flexibility index (Phi) is 8.72. The number of aliphatic carboxylic acids is 1. The predicted molar refractivity (Wildman–Crippen MR) is 144 cm³/mol. The van der Waals surface area contributed by atoms with E-state index in [1.807, 2.05) is 32.9 Å². The first-order valence-corrected chi connectivity index (χ1v) is 12.6. The zero-order valence-corrected chi connectivity index (χ0v) is 22.3. The number of carbonyl (C=O) groups excluding carboxylic acids is 1. The number of hydrogen-bond acceptors (Lipinski definition) is 4. The zero-order chi connectivity index (χ0) is 26.5. The van der Waals surface area contributed by atoms with Crippen LogP contribution in [-0.2, 0) is 28.9 Å². The molecule has 2 N–H and O–H groups in total. The maximum atomic E-state index is 12.5. The van der Waals surface area contributed by atoms with Gasteiger partial charge in [-0.05, 0) is 81.7 Å². The fourth-order valence-corrected chi connectivity index (χ4v) is 4.27. The molecule has 0 saturated carbocycles. The molecule has 1 heterocycles. The Balaban J connectivity index is 2.16. The molecule has 0 aliphatic heterocycles. The summed E-state index contributed by atoms with van der Waals surface area (Å²) in [6.45, 7) is 12.2. The number of ether oxygens (including phenoxy) is 1. The molecule has 0 atom stereocenters. The summed E-state index contributed by atoms with van der Waals surface area (Å²) >= 11 is 0. The molecular formula is C30H38N2O4. The molecule has 3 rings (SSSR count). The van der Waals surface area contributed by atoms with Crippen LogP contribution in [0.4, 0.5) is 4.79 Å². The first-order chi connectivity index (χ1) is 16.9. The average molecular weight is 491 g/mol. The highest BCUT2D eigenvalue weighted by Gasteiger charge is 2.21. The van der Waals surface area contributed by atoms with Gasteiger partial charge in [-0.2, -0.15) is 0 Å². The number of nitrogens with one attached hydrogen (secondary N) is 1. The largest absolute Gasteiger partial charge is 0.481 e. The third kappa shape index (κ3) is 7.54. The molecule has 3 aromatic rings. The summed E-state index contributed by atoms with van der Waals surface area (Å²) in [6.07, 6.45) is 1.71. The molecule has 0 spiro atoms. The first kappa shape index (κ1) is 27.2. The second kappa shape index (κ2) is 11.5. The minimum atomic E-state index is -0.786. The highest BCUT2D eigenvalue weighted by molar-refractivity contribution is 5.97. The molecular weight excluding hydrogens is 452 g/mol. The number of nitrogens with zero attached hydrogens (tertiary/aromatic N) is 1. The lowest BCUT2D eigenvalue weighted by Gasteiger charge is -2.22. The monoisotopic (exact) mass is 490 g/mol. The summed E-state index contributed by atoms with van der Waals surface area (Å²) in [7, 11) is 0. The van der Waals surface area contributed by atoms with E-state index in [-0.39, 0.29) is 6.42 Å². The summed E-state index contributed by atoms with van der Waals surface area (Å²) in [6, 6.07) is 14.6. The van der Waals surface area contributed by atoms with E-state index < -0.39 is 17.7 Å². The molecule has 1 aromatic heterocycles. The second-order valence-electron chi connectivity index (χ2n) is 10.8. The number of benzene rings is 2. The van der Waals surface area contributed by atoms with Gasteiger partial charge in [0.1, 0.15) is 5.60 Å². The van der Waals surface area contributed by atoms with Crippen molar-refractivity contribution in [1.29, 1.82) is 0 Å². The Labute approximate surface area is 214 Å². The first-order valence-electron chi connectivity index (χ1n) is 12.6. The molecule has 0 aliphatic carbocycles. The number of carboxylic acids is 1. The van der Waals surface area contributed by atoms with Crippen molar-refractivity contribution in [2.45, 2.75) is 79.4 Å². The Morgan fingerprint density at radius 1 is 1.08 bits per heavy atom. The van der Waals surface area contributed by atoms with Crippen LogP contribution in [0.15, 0.2) is 42.5 Å². The number of rotatable bonds is 9. The summed E-state index contributed by atoms with van der Waals surface area (Å²) in [4.78, 5) is 28.6. The Bertz CT molecular complexity index is 1220. The van der Waals surface area contributed by atoms with Crippen LogP contribution >= 0.6 is 0 Å². The number of carboxylic acid groups (broad SMARTS) is 1. The molecule has 36 heavy (non-hydrogen) atoms. The molecule has 0 saturated heterocycles. The molecule has 0 aliphatic rings. The average Bonchev–Trinajstić information content (AvgIpc) is 2.76. The van der Waals surface area contributed by atoms with Crippen LogP contribution in [0.3, 0.4) is 0 Å². The Hall–Kier alpha value is -3.41. The number of pyridine rings is 1. The normalized spacial score (nSPS) is 11.6. The fraction of sp³-hybridized carbons (Fsp3) is 0.433. The van der Waals surface area contributed by atoms with E-state index in [4.69, 9.17) is 14.8 Å². The van der Waals surface area contributed by atoms with Crippen molar-refractivity contribution in [3.8, 4) is 11.1 Å². The Morgan fingerprint density at radius 2 is 1.78 bits per heavy atom. The van der Waals surface area contributed by atoms with Gasteiger partial charge in [-0.25, -0.2) is 4.79 Å². The summed E-state index contributed by atoms with van der Waals surface area (Å²) in [5.41, 5.74) is 6.59. The van der Waals surface area contributed by atoms with Crippen molar-refractivity contribution in [3.63, 3.8) is 0 Å². The molecule has 2 aromatic carbocycles. The van der Waals surface area contributed by atoms with Gasteiger partial charge in [0.15, 0.2) is 0 Å². The smallest absolute Gasteiger partial charge is 0.407 e. The van der Waals surface area contributed by atoms with Crippen molar-refractivity contribution in [1.82, 2.24) is 10.3 Å². The van der Waals surface area contributed by atoms with Gasteiger partial charge in [-0.1, -0.05) is 49.7 Å². The highest BCUT2D eigenvalue weighted by atomic mass is 16.6. The van der Waals surface area contributed by atoms with Gasteiger partial charge < -0.3 is 15.2 Å². The van der Waals surface area contributed by atoms with E-state index in [9.17, 15) is 9.59 Å². The van der Waals surface area contributed by atoms with Crippen LogP contribution in [0.5, 0.6) is 0 Å². The van der Waals surface area contributed by atoms with Crippen LogP contribution in [0, 0.1) is 12.8 Å². The number of carbonyl (C=O) groups is 2. The minimum absolute atomic E-state index is 0.138. The number of alkyl carbamates (subject to hydrolysis) is 1. The molecule has 6 nitrogen and oxygen atoms in total. The molecule has 0 unspecified atom stereocenters. The molecule has 1 amide bonds. The summed E-state index contributed by atoms with van der Waals surface area (Å²) < 4.78 is 5.49.